The van der Waals surface area contributed by atoms with Crippen LogP contribution in [0.15, 0.2) is 78.9 Å². The molecule has 1 unspecified atom stereocenters. The SMILES string of the molecule is O=C1O[B-]2(c3ccccc3)Cc3ccccc3C=[N+]2c2ccccc21. The third-order valence-corrected chi connectivity index (χ3v) is 5.30. The van der Waals surface area contributed by atoms with Crippen LogP contribution in [0.25, 0.3) is 0 Å². The summed E-state index contributed by atoms with van der Waals surface area (Å²) in [6.07, 6.45) is 2.80. The van der Waals surface area contributed by atoms with E-state index in [4.69, 9.17) is 4.65 Å². The summed E-state index contributed by atoms with van der Waals surface area (Å²) >= 11 is 0. The standard InChI is InChI=1S/C21H16BNO2/c24-21-19-12-6-7-13-20(19)23-15-17-9-5-4-8-16(17)14-22(23,25-21)18-10-2-1-3-11-18/h1-13,15H,14H2. The van der Waals surface area contributed by atoms with Gasteiger partial charge in [-0.3, -0.25) is 4.79 Å². The first kappa shape index (κ1) is 14.2. The van der Waals surface area contributed by atoms with Gasteiger partial charge in [-0.2, -0.15) is 0 Å². The fourth-order valence-electron chi connectivity index (χ4n) is 4.12. The maximum atomic E-state index is 12.8. The van der Waals surface area contributed by atoms with Crippen molar-refractivity contribution in [2.45, 2.75) is 6.32 Å². The summed E-state index contributed by atoms with van der Waals surface area (Å²) in [7, 11) is 0. The number of benzene rings is 3. The lowest BCUT2D eigenvalue weighted by Gasteiger charge is -2.43. The fourth-order valence-corrected chi connectivity index (χ4v) is 4.12. The smallest absolute Gasteiger partial charge is 0.490 e. The van der Waals surface area contributed by atoms with Crippen molar-refractivity contribution in [1.29, 1.82) is 0 Å². The molecule has 0 radical (unpaired) electrons. The molecule has 120 valence electrons. The highest BCUT2D eigenvalue weighted by Crippen LogP contribution is 2.35. The van der Waals surface area contributed by atoms with Gasteiger partial charge < -0.3 is 9.14 Å². The van der Waals surface area contributed by atoms with Crippen LogP contribution in [-0.4, -0.2) is 23.2 Å². The predicted molar refractivity (Wildman–Crippen MR) is 98.9 cm³/mol. The molecule has 2 aliphatic rings. The highest BCUT2D eigenvalue weighted by Gasteiger charge is 2.52. The van der Waals surface area contributed by atoms with Gasteiger partial charge in [-0.15, -0.1) is 0 Å². The van der Waals surface area contributed by atoms with Crippen molar-refractivity contribution in [3.63, 3.8) is 0 Å². The van der Waals surface area contributed by atoms with Gasteiger partial charge in [-0.25, -0.2) is 0 Å². The molecule has 0 spiro atoms. The molecular weight excluding hydrogens is 309 g/mol. The Bertz CT molecular complexity index is 1030. The number of fused-ring (bicyclic) bond motifs is 4. The van der Waals surface area contributed by atoms with E-state index in [1.807, 2.05) is 54.6 Å². The summed E-state index contributed by atoms with van der Waals surface area (Å²) in [6.45, 7) is -1.69. The monoisotopic (exact) mass is 325 g/mol. The van der Waals surface area contributed by atoms with E-state index in [0.29, 0.717) is 11.9 Å². The average Bonchev–Trinajstić information content (AvgIpc) is 2.68. The molecule has 0 saturated carbocycles. The van der Waals surface area contributed by atoms with E-state index in [1.165, 1.54) is 11.1 Å². The Morgan fingerprint density at radius 1 is 0.840 bits per heavy atom. The highest BCUT2D eigenvalue weighted by atomic mass is 16.5. The maximum absolute atomic E-state index is 12.8. The Morgan fingerprint density at radius 3 is 2.44 bits per heavy atom. The fraction of sp³-hybridized carbons (Fsp3) is 0.0476. The van der Waals surface area contributed by atoms with E-state index in [9.17, 15) is 4.79 Å². The second kappa shape index (κ2) is 5.18. The van der Waals surface area contributed by atoms with Crippen LogP contribution in [0, 0.1) is 0 Å². The lowest BCUT2D eigenvalue weighted by atomic mass is 9.40. The normalized spacial score (nSPS) is 20.6. The molecule has 0 bridgehead atoms. The van der Waals surface area contributed by atoms with Crippen molar-refractivity contribution in [2.24, 2.45) is 0 Å². The first-order chi connectivity index (χ1) is 12.3. The first-order valence-corrected chi connectivity index (χ1v) is 8.54. The quantitative estimate of drug-likeness (QED) is 0.644. The van der Waals surface area contributed by atoms with Crippen molar-refractivity contribution < 1.29 is 13.9 Å². The summed E-state index contributed by atoms with van der Waals surface area (Å²) in [5, 5.41) is 0. The zero-order valence-electron chi connectivity index (χ0n) is 13.6. The van der Waals surface area contributed by atoms with Gasteiger partial charge in [0.25, 0.3) is 0 Å². The van der Waals surface area contributed by atoms with E-state index in [0.717, 1.165) is 11.2 Å². The van der Waals surface area contributed by atoms with Gasteiger partial charge in [0.05, 0.1) is 0 Å². The number of carbonyl (C=O) groups excluding carboxylic acids is 1. The minimum atomic E-state index is -1.69. The molecule has 0 N–H and O–H groups in total. The number of nitrogens with zero attached hydrogens (tertiary/aromatic N) is 1. The average molecular weight is 325 g/mol. The molecule has 5 rings (SSSR count). The van der Waals surface area contributed by atoms with Gasteiger partial charge >= 0.3 is 12.5 Å². The largest absolute Gasteiger partial charge is 0.624 e. The maximum Gasteiger partial charge on any atom is 0.490 e. The summed E-state index contributed by atoms with van der Waals surface area (Å²) in [5.41, 5.74) is 4.94. The van der Waals surface area contributed by atoms with Crippen molar-refractivity contribution in [3.8, 4) is 0 Å². The van der Waals surface area contributed by atoms with E-state index >= 15 is 0 Å². The Labute approximate surface area is 146 Å². The van der Waals surface area contributed by atoms with Crippen molar-refractivity contribution >= 4 is 29.8 Å². The van der Waals surface area contributed by atoms with Gasteiger partial charge in [0.1, 0.15) is 11.8 Å². The van der Waals surface area contributed by atoms with Crippen molar-refractivity contribution in [2.75, 3.05) is 0 Å². The molecule has 0 fully saturated rings. The second-order valence-corrected chi connectivity index (χ2v) is 6.68. The Kier molecular flexibility index (Phi) is 2.95. The van der Waals surface area contributed by atoms with E-state index in [1.54, 1.807) is 0 Å². The first-order valence-electron chi connectivity index (χ1n) is 8.54. The van der Waals surface area contributed by atoms with Gasteiger partial charge in [0, 0.05) is 11.6 Å². The molecule has 2 heterocycles. The van der Waals surface area contributed by atoms with Crippen molar-refractivity contribution in [1.82, 2.24) is 0 Å². The molecule has 0 aromatic heterocycles. The Hall–Kier alpha value is -3.14. The van der Waals surface area contributed by atoms with E-state index in [2.05, 4.69) is 35.0 Å². The van der Waals surface area contributed by atoms with Crippen LogP contribution in [0.5, 0.6) is 0 Å². The molecule has 0 aliphatic carbocycles. The molecule has 3 nitrogen and oxygen atoms in total. The number of hydrogen-bond acceptors (Lipinski definition) is 2. The number of hydrogen-bond donors (Lipinski definition) is 0. The minimum Gasteiger partial charge on any atom is -0.624 e. The number of carbonyl (C=O) groups is 1. The molecule has 25 heavy (non-hydrogen) atoms. The van der Waals surface area contributed by atoms with Crippen LogP contribution in [0.4, 0.5) is 5.69 Å². The second-order valence-electron chi connectivity index (χ2n) is 6.68. The van der Waals surface area contributed by atoms with Crippen LogP contribution < -0.4 is 5.46 Å². The van der Waals surface area contributed by atoms with Gasteiger partial charge in [-0.1, -0.05) is 71.7 Å². The van der Waals surface area contributed by atoms with Crippen LogP contribution in [0.1, 0.15) is 21.5 Å². The van der Waals surface area contributed by atoms with Crippen LogP contribution in [0.2, 0.25) is 0 Å². The lowest BCUT2D eigenvalue weighted by molar-refractivity contribution is -0.315. The zero-order chi connectivity index (χ0) is 16.9. The molecule has 3 aromatic carbocycles. The summed E-state index contributed by atoms with van der Waals surface area (Å²) in [6, 6.07) is 26.1. The summed E-state index contributed by atoms with van der Waals surface area (Å²) in [5.74, 6) is -0.247. The number of para-hydroxylation sites is 1. The van der Waals surface area contributed by atoms with Gasteiger partial charge in [0.2, 0.25) is 0 Å². The van der Waals surface area contributed by atoms with Crippen LogP contribution >= 0.6 is 0 Å². The van der Waals surface area contributed by atoms with E-state index in [-0.39, 0.29) is 5.97 Å². The third-order valence-electron chi connectivity index (χ3n) is 5.30. The topological polar surface area (TPSA) is 29.3 Å². The third kappa shape index (κ3) is 2.00. The van der Waals surface area contributed by atoms with Gasteiger partial charge in [0.15, 0.2) is 5.69 Å². The Balaban J connectivity index is 1.84. The minimum absolute atomic E-state index is 0.247. The molecule has 2 aliphatic heterocycles. The van der Waals surface area contributed by atoms with Gasteiger partial charge in [-0.05, 0) is 18.5 Å². The zero-order valence-corrected chi connectivity index (χ0v) is 13.6. The Morgan fingerprint density at radius 2 is 1.56 bits per heavy atom. The lowest BCUT2D eigenvalue weighted by Crippen LogP contribution is -2.65. The molecule has 3 aromatic rings. The summed E-state index contributed by atoms with van der Waals surface area (Å²) < 4.78 is 8.34. The molecular formula is C21H16BNO2. The van der Waals surface area contributed by atoms with Crippen LogP contribution in [0.3, 0.4) is 0 Å². The van der Waals surface area contributed by atoms with E-state index < -0.39 is 6.48 Å². The molecule has 0 amide bonds. The predicted octanol–water partition coefficient (Wildman–Crippen LogP) is 3.06. The number of rotatable bonds is 1. The van der Waals surface area contributed by atoms with Crippen molar-refractivity contribution in [3.05, 3.63) is 95.6 Å². The summed E-state index contributed by atoms with van der Waals surface area (Å²) in [4.78, 5) is 12.8. The van der Waals surface area contributed by atoms with Crippen LogP contribution in [-0.2, 0) is 11.0 Å². The molecule has 4 heteroatoms. The highest BCUT2D eigenvalue weighted by molar-refractivity contribution is 6.82. The molecule has 1 atom stereocenters. The molecule has 0 saturated heterocycles.